The molecule has 2 atom stereocenters. The van der Waals surface area contributed by atoms with Crippen molar-refractivity contribution in [3.05, 3.63) is 17.7 Å². The molecule has 0 aromatic carbocycles. The number of carboxylic acid groups (broad SMARTS) is 1. The van der Waals surface area contributed by atoms with Crippen LogP contribution in [0, 0.1) is 13.8 Å². The molecule has 16 heavy (non-hydrogen) atoms. The van der Waals surface area contributed by atoms with Crippen LogP contribution in [0.25, 0.3) is 0 Å². The predicted molar refractivity (Wildman–Crippen MR) is 57.2 cm³/mol. The Morgan fingerprint density at radius 2 is 2.38 bits per heavy atom. The van der Waals surface area contributed by atoms with E-state index >= 15 is 0 Å². The number of aromatic nitrogens is 2. The molecule has 1 aromatic rings. The van der Waals surface area contributed by atoms with Crippen LogP contribution in [0.2, 0.25) is 0 Å². The van der Waals surface area contributed by atoms with E-state index in [-0.39, 0.29) is 6.10 Å². The van der Waals surface area contributed by atoms with Gasteiger partial charge in [-0.3, -0.25) is 0 Å². The number of hydrogen-bond acceptors (Lipinski definition) is 3. The predicted octanol–water partition coefficient (Wildman–Crippen LogP) is 1.13. The molecule has 1 saturated heterocycles. The van der Waals surface area contributed by atoms with Gasteiger partial charge in [0.1, 0.15) is 0 Å². The molecule has 0 radical (unpaired) electrons. The molecule has 1 N–H and O–H groups in total. The van der Waals surface area contributed by atoms with Gasteiger partial charge < -0.3 is 14.4 Å². The fraction of sp³-hybridized carbons (Fsp3) is 0.636. The lowest BCUT2D eigenvalue weighted by molar-refractivity contribution is -0.149. The lowest BCUT2D eigenvalue weighted by Gasteiger charge is -2.13. The third-order valence-corrected chi connectivity index (χ3v) is 3.13. The van der Waals surface area contributed by atoms with Gasteiger partial charge in [0.05, 0.1) is 24.7 Å². The molecule has 2 unspecified atom stereocenters. The van der Waals surface area contributed by atoms with Crippen molar-refractivity contribution in [2.45, 2.75) is 45.4 Å². The number of hydrogen-bond donors (Lipinski definition) is 1. The summed E-state index contributed by atoms with van der Waals surface area (Å²) in [5, 5.41) is 8.81. The summed E-state index contributed by atoms with van der Waals surface area (Å²) in [6.45, 7) is 4.66. The minimum atomic E-state index is -0.860. The van der Waals surface area contributed by atoms with Crippen molar-refractivity contribution in [3.63, 3.8) is 0 Å². The maximum atomic E-state index is 10.7. The van der Waals surface area contributed by atoms with E-state index in [2.05, 4.69) is 4.98 Å². The molecule has 2 rings (SSSR count). The van der Waals surface area contributed by atoms with Crippen molar-refractivity contribution in [3.8, 4) is 0 Å². The van der Waals surface area contributed by atoms with Gasteiger partial charge in [-0.1, -0.05) is 0 Å². The van der Waals surface area contributed by atoms with E-state index < -0.39 is 12.1 Å². The Hall–Kier alpha value is -1.36. The van der Waals surface area contributed by atoms with Crippen LogP contribution >= 0.6 is 0 Å². The maximum absolute atomic E-state index is 10.7. The molecule has 1 aliphatic heterocycles. The van der Waals surface area contributed by atoms with E-state index in [0.717, 1.165) is 17.8 Å². The summed E-state index contributed by atoms with van der Waals surface area (Å²) >= 11 is 0. The smallest absolute Gasteiger partial charge is 0.332 e. The SMILES string of the molecule is Cc1ncn(CC2CCC(C(=O)O)O2)c1C. The Kier molecular flexibility index (Phi) is 2.96. The molecule has 5 nitrogen and oxygen atoms in total. The number of carbonyl (C=O) groups is 1. The maximum Gasteiger partial charge on any atom is 0.332 e. The van der Waals surface area contributed by atoms with E-state index in [1.165, 1.54) is 0 Å². The largest absolute Gasteiger partial charge is 0.479 e. The van der Waals surface area contributed by atoms with E-state index in [9.17, 15) is 4.79 Å². The molecule has 0 aliphatic carbocycles. The molecule has 0 bridgehead atoms. The van der Waals surface area contributed by atoms with Crippen molar-refractivity contribution >= 4 is 5.97 Å². The molecule has 1 aromatic heterocycles. The second-order valence-electron chi connectivity index (χ2n) is 4.23. The molecular weight excluding hydrogens is 208 g/mol. The highest BCUT2D eigenvalue weighted by molar-refractivity contribution is 5.72. The number of aryl methyl sites for hydroxylation is 1. The van der Waals surface area contributed by atoms with Gasteiger partial charge in [-0.15, -0.1) is 0 Å². The highest BCUT2D eigenvalue weighted by Gasteiger charge is 2.30. The minimum Gasteiger partial charge on any atom is -0.479 e. The number of imidazole rings is 1. The lowest BCUT2D eigenvalue weighted by atomic mass is 10.2. The van der Waals surface area contributed by atoms with Crippen LogP contribution in [0.5, 0.6) is 0 Å². The summed E-state index contributed by atoms with van der Waals surface area (Å²) in [6.07, 6.45) is 2.55. The average Bonchev–Trinajstić information content (AvgIpc) is 2.81. The monoisotopic (exact) mass is 224 g/mol. The number of nitrogens with zero attached hydrogens (tertiary/aromatic N) is 2. The van der Waals surface area contributed by atoms with Crippen molar-refractivity contribution in [2.24, 2.45) is 0 Å². The quantitative estimate of drug-likeness (QED) is 0.836. The summed E-state index contributed by atoms with van der Waals surface area (Å²) in [5.41, 5.74) is 2.12. The zero-order chi connectivity index (χ0) is 11.7. The first-order valence-corrected chi connectivity index (χ1v) is 5.44. The summed E-state index contributed by atoms with van der Waals surface area (Å²) in [4.78, 5) is 14.9. The van der Waals surface area contributed by atoms with Crippen LogP contribution in [-0.4, -0.2) is 32.8 Å². The lowest BCUT2D eigenvalue weighted by Crippen LogP contribution is -2.23. The molecule has 5 heteroatoms. The Labute approximate surface area is 94.1 Å². The number of rotatable bonds is 3. The van der Waals surface area contributed by atoms with E-state index in [4.69, 9.17) is 9.84 Å². The van der Waals surface area contributed by atoms with Crippen LogP contribution in [0.1, 0.15) is 24.2 Å². The van der Waals surface area contributed by atoms with Crippen molar-refractivity contribution in [1.82, 2.24) is 9.55 Å². The fourth-order valence-electron chi connectivity index (χ4n) is 1.97. The zero-order valence-corrected chi connectivity index (χ0v) is 9.51. The van der Waals surface area contributed by atoms with Gasteiger partial charge >= 0.3 is 5.97 Å². The first-order chi connectivity index (χ1) is 7.58. The summed E-state index contributed by atoms with van der Waals surface area (Å²) < 4.78 is 7.46. The van der Waals surface area contributed by atoms with Gasteiger partial charge in [0.25, 0.3) is 0 Å². The average molecular weight is 224 g/mol. The van der Waals surface area contributed by atoms with Crippen LogP contribution in [0.15, 0.2) is 6.33 Å². The molecule has 0 spiro atoms. The Morgan fingerprint density at radius 3 is 2.88 bits per heavy atom. The van der Waals surface area contributed by atoms with Gasteiger partial charge in [-0.05, 0) is 26.7 Å². The first-order valence-electron chi connectivity index (χ1n) is 5.44. The molecule has 0 amide bonds. The highest BCUT2D eigenvalue weighted by Crippen LogP contribution is 2.21. The van der Waals surface area contributed by atoms with E-state index in [1.54, 1.807) is 6.33 Å². The number of aliphatic carboxylic acids is 1. The van der Waals surface area contributed by atoms with Gasteiger partial charge in [0.15, 0.2) is 6.10 Å². The number of ether oxygens (including phenoxy) is 1. The molecule has 0 saturated carbocycles. The van der Waals surface area contributed by atoms with Crippen LogP contribution in [0.4, 0.5) is 0 Å². The summed E-state index contributed by atoms with van der Waals surface area (Å²) in [7, 11) is 0. The Bertz CT molecular complexity index is 400. The second kappa shape index (κ2) is 4.25. The van der Waals surface area contributed by atoms with E-state index in [1.807, 2.05) is 18.4 Å². The van der Waals surface area contributed by atoms with Crippen LogP contribution < -0.4 is 0 Å². The first kappa shape index (κ1) is 11.1. The van der Waals surface area contributed by atoms with Gasteiger partial charge in [0.2, 0.25) is 0 Å². The van der Waals surface area contributed by atoms with Gasteiger partial charge in [-0.2, -0.15) is 0 Å². The number of carboxylic acids is 1. The molecule has 1 fully saturated rings. The van der Waals surface area contributed by atoms with Crippen LogP contribution in [-0.2, 0) is 16.1 Å². The zero-order valence-electron chi connectivity index (χ0n) is 9.51. The van der Waals surface area contributed by atoms with Crippen molar-refractivity contribution in [2.75, 3.05) is 0 Å². The molecule has 88 valence electrons. The van der Waals surface area contributed by atoms with Crippen molar-refractivity contribution < 1.29 is 14.6 Å². The highest BCUT2D eigenvalue weighted by atomic mass is 16.5. The molecule has 2 heterocycles. The molecular formula is C11H16N2O3. The minimum absolute atomic E-state index is 0.00611. The van der Waals surface area contributed by atoms with Crippen LogP contribution in [0.3, 0.4) is 0 Å². The Morgan fingerprint density at radius 1 is 1.62 bits per heavy atom. The third-order valence-electron chi connectivity index (χ3n) is 3.13. The van der Waals surface area contributed by atoms with Crippen molar-refractivity contribution in [1.29, 1.82) is 0 Å². The van der Waals surface area contributed by atoms with E-state index in [0.29, 0.717) is 13.0 Å². The van der Waals surface area contributed by atoms with Gasteiger partial charge in [0, 0.05) is 5.69 Å². The Balaban J connectivity index is 1.97. The fourth-order valence-corrected chi connectivity index (χ4v) is 1.97. The third kappa shape index (κ3) is 2.09. The summed E-state index contributed by atoms with van der Waals surface area (Å²) in [6, 6.07) is 0. The normalized spacial score (nSPS) is 24.9. The standard InChI is InChI=1S/C11H16N2O3/c1-7-8(2)13(6-12-7)5-9-3-4-10(16-9)11(14)15/h6,9-10H,3-5H2,1-2H3,(H,14,15). The summed E-state index contributed by atoms with van der Waals surface area (Å²) in [5.74, 6) is -0.860. The second-order valence-corrected chi connectivity index (χ2v) is 4.23. The van der Waals surface area contributed by atoms with Gasteiger partial charge in [-0.25, -0.2) is 9.78 Å². The topological polar surface area (TPSA) is 64.4 Å². The molecule has 1 aliphatic rings.